The highest BCUT2D eigenvalue weighted by atomic mass is 32.2. The second-order valence-electron chi connectivity index (χ2n) is 5.54. The molecule has 5 nitrogen and oxygen atoms in total. The van der Waals surface area contributed by atoms with Gasteiger partial charge in [0.1, 0.15) is 5.75 Å². The molecule has 2 aromatic rings. The Balaban J connectivity index is 2.09. The van der Waals surface area contributed by atoms with Gasteiger partial charge in [0.15, 0.2) is 5.75 Å². The monoisotopic (exact) mass is 346 g/mol. The van der Waals surface area contributed by atoms with Crippen molar-refractivity contribution in [3.8, 4) is 11.5 Å². The number of carbonyl (C=O) groups is 1. The highest BCUT2D eigenvalue weighted by Crippen LogP contribution is 2.29. The number of carbonyl (C=O) groups excluding carboxylic acids is 1. The van der Waals surface area contributed by atoms with Crippen molar-refractivity contribution < 1.29 is 13.7 Å². The van der Waals surface area contributed by atoms with E-state index in [-0.39, 0.29) is 12.1 Å². The molecule has 0 bridgehead atoms. The Morgan fingerprint density at radius 2 is 1.79 bits per heavy atom. The van der Waals surface area contributed by atoms with Crippen LogP contribution in [-0.2, 0) is 10.8 Å². The van der Waals surface area contributed by atoms with Gasteiger partial charge in [-0.25, -0.2) is 4.79 Å². The van der Waals surface area contributed by atoms with Crippen molar-refractivity contribution in [2.24, 2.45) is 0 Å². The maximum absolute atomic E-state index is 12.4. The fourth-order valence-electron chi connectivity index (χ4n) is 2.13. The van der Waals surface area contributed by atoms with Crippen LogP contribution in [0.1, 0.15) is 6.92 Å². The third kappa shape index (κ3) is 5.09. The minimum absolute atomic E-state index is 0.127. The van der Waals surface area contributed by atoms with Gasteiger partial charge in [-0.15, -0.1) is 0 Å². The number of urea groups is 1. The number of ether oxygens (including phenoxy) is 1. The van der Waals surface area contributed by atoms with E-state index in [0.717, 1.165) is 0 Å². The van der Waals surface area contributed by atoms with Crippen molar-refractivity contribution >= 4 is 22.5 Å². The van der Waals surface area contributed by atoms with Gasteiger partial charge in [-0.2, -0.15) is 0 Å². The van der Waals surface area contributed by atoms with E-state index in [0.29, 0.717) is 22.9 Å². The first-order valence-electron chi connectivity index (χ1n) is 7.63. The normalized spacial score (nSPS) is 13.0. The van der Waals surface area contributed by atoms with Crippen LogP contribution in [0.5, 0.6) is 11.5 Å². The van der Waals surface area contributed by atoms with Crippen molar-refractivity contribution in [2.45, 2.75) is 13.0 Å². The van der Waals surface area contributed by atoms with E-state index in [1.54, 1.807) is 30.3 Å². The van der Waals surface area contributed by atoms with Gasteiger partial charge in [-0.1, -0.05) is 30.3 Å². The Bertz CT molecular complexity index is 706. The molecule has 0 radical (unpaired) electrons. The highest BCUT2D eigenvalue weighted by Gasteiger charge is 2.18. The molecule has 0 saturated carbocycles. The molecule has 0 fully saturated rings. The predicted octanol–water partition coefficient (Wildman–Crippen LogP) is 3.71. The minimum atomic E-state index is -0.957. The first-order valence-corrected chi connectivity index (χ1v) is 9.36. The summed E-state index contributed by atoms with van der Waals surface area (Å²) < 4.78 is 17.2. The van der Waals surface area contributed by atoms with Crippen LogP contribution in [0.3, 0.4) is 0 Å². The summed E-state index contributed by atoms with van der Waals surface area (Å²) in [5.74, 6) is 1.70. The van der Waals surface area contributed by atoms with Crippen LogP contribution in [0, 0.1) is 0 Å². The van der Waals surface area contributed by atoms with Gasteiger partial charge in [-0.3, -0.25) is 4.21 Å². The second-order valence-corrected chi connectivity index (χ2v) is 7.02. The topological polar surface area (TPSA) is 58.6 Å². The average molecular weight is 346 g/mol. The molecule has 0 aromatic heterocycles. The number of rotatable bonds is 6. The number of nitrogens with zero attached hydrogens (tertiary/aromatic N) is 1. The maximum atomic E-state index is 12.4. The van der Waals surface area contributed by atoms with Crippen molar-refractivity contribution in [2.75, 3.05) is 24.4 Å². The largest absolute Gasteiger partial charge is 0.455 e. The molecular formula is C18H22N2O3S. The Morgan fingerprint density at radius 3 is 2.46 bits per heavy atom. The van der Waals surface area contributed by atoms with Crippen molar-refractivity contribution in [1.82, 2.24) is 4.90 Å². The summed E-state index contributed by atoms with van der Waals surface area (Å²) >= 11 is 0. The third-order valence-electron chi connectivity index (χ3n) is 3.56. The molecule has 0 aliphatic heterocycles. The summed E-state index contributed by atoms with van der Waals surface area (Å²) in [4.78, 5) is 13.9. The lowest BCUT2D eigenvalue weighted by Crippen LogP contribution is -2.40. The van der Waals surface area contributed by atoms with Crippen LogP contribution in [-0.4, -0.2) is 40.2 Å². The number of hydrogen-bond acceptors (Lipinski definition) is 3. The Labute approximate surface area is 145 Å². The van der Waals surface area contributed by atoms with E-state index in [1.807, 2.05) is 49.4 Å². The molecule has 24 heavy (non-hydrogen) atoms. The van der Waals surface area contributed by atoms with Crippen LogP contribution in [0.2, 0.25) is 0 Å². The summed E-state index contributed by atoms with van der Waals surface area (Å²) in [6.45, 7) is 1.87. The van der Waals surface area contributed by atoms with E-state index >= 15 is 0 Å². The molecule has 0 heterocycles. The summed E-state index contributed by atoms with van der Waals surface area (Å²) in [7, 11) is 0.731. The molecule has 2 aromatic carbocycles. The van der Waals surface area contributed by atoms with Crippen LogP contribution >= 0.6 is 0 Å². The number of hydrogen-bond donors (Lipinski definition) is 1. The van der Waals surface area contributed by atoms with Gasteiger partial charge in [0.25, 0.3) is 0 Å². The van der Waals surface area contributed by atoms with E-state index < -0.39 is 10.8 Å². The summed E-state index contributed by atoms with van der Waals surface area (Å²) in [6.07, 6.45) is 1.63. The quantitative estimate of drug-likeness (QED) is 0.867. The van der Waals surface area contributed by atoms with Gasteiger partial charge < -0.3 is 15.0 Å². The molecule has 0 aliphatic carbocycles. The van der Waals surface area contributed by atoms with E-state index in [2.05, 4.69) is 5.32 Å². The van der Waals surface area contributed by atoms with Crippen LogP contribution in [0.15, 0.2) is 54.6 Å². The first kappa shape index (κ1) is 18.0. The second kappa shape index (κ2) is 8.49. The molecule has 0 unspecified atom stereocenters. The molecule has 0 saturated heterocycles. The molecular weight excluding hydrogens is 324 g/mol. The molecule has 2 amide bonds. The number of amides is 2. The fourth-order valence-corrected chi connectivity index (χ4v) is 3.03. The zero-order valence-electron chi connectivity index (χ0n) is 14.1. The van der Waals surface area contributed by atoms with Crippen LogP contribution < -0.4 is 10.1 Å². The molecule has 2 rings (SSSR count). The lowest BCUT2D eigenvalue weighted by Gasteiger charge is -2.25. The van der Waals surface area contributed by atoms with Crippen molar-refractivity contribution in [3.63, 3.8) is 0 Å². The van der Waals surface area contributed by atoms with E-state index in [9.17, 15) is 9.00 Å². The minimum Gasteiger partial charge on any atom is -0.455 e. The third-order valence-corrected chi connectivity index (χ3v) is 4.51. The number of anilines is 1. The Hall–Kier alpha value is -2.34. The zero-order valence-corrected chi connectivity index (χ0v) is 14.9. The summed E-state index contributed by atoms with van der Waals surface area (Å²) in [6, 6.07) is 16.3. The van der Waals surface area contributed by atoms with Gasteiger partial charge >= 0.3 is 6.03 Å². The smallest absolute Gasteiger partial charge is 0.321 e. The highest BCUT2D eigenvalue weighted by molar-refractivity contribution is 7.84. The van der Waals surface area contributed by atoms with E-state index in [4.69, 9.17) is 4.74 Å². The Kier molecular flexibility index (Phi) is 6.37. The van der Waals surface area contributed by atoms with E-state index in [1.165, 1.54) is 0 Å². The molecule has 0 spiro atoms. The van der Waals surface area contributed by atoms with Crippen molar-refractivity contribution in [1.29, 1.82) is 0 Å². The summed E-state index contributed by atoms with van der Waals surface area (Å²) in [5, 5.41) is 2.85. The molecule has 128 valence electrons. The van der Waals surface area contributed by atoms with Gasteiger partial charge in [-0.05, 0) is 31.2 Å². The van der Waals surface area contributed by atoms with Crippen molar-refractivity contribution in [3.05, 3.63) is 54.6 Å². The molecule has 0 aliphatic rings. The van der Waals surface area contributed by atoms with Gasteiger partial charge in [0, 0.05) is 35.9 Å². The number of nitrogens with one attached hydrogen (secondary N) is 1. The lowest BCUT2D eigenvalue weighted by atomic mass is 10.3. The van der Waals surface area contributed by atoms with Crippen LogP contribution in [0.4, 0.5) is 10.5 Å². The summed E-state index contributed by atoms with van der Waals surface area (Å²) in [5.41, 5.74) is 0.586. The van der Waals surface area contributed by atoms with Gasteiger partial charge in [0.05, 0.1) is 5.69 Å². The standard InChI is InChI=1S/C18H22N2O3S/c1-14(13-24(3)22)20(2)18(21)19-16-11-7-8-12-17(16)23-15-9-5-4-6-10-15/h4-12,14H,13H2,1-3H3,(H,19,21)/t14-,24+/m0/s1. The predicted molar refractivity (Wildman–Crippen MR) is 98.1 cm³/mol. The number of benzene rings is 2. The van der Waals surface area contributed by atoms with Gasteiger partial charge in [0.2, 0.25) is 0 Å². The zero-order chi connectivity index (χ0) is 17.5. The molecule has 1 N–H and O–H groups in total. The molecule has 2 atom stereocenters. The number of para-hydroxylation sites is 3. The Morgan fingerprint density at radius 1 is 1.17 bits per heavy atom. The average Bonchev–Trinajstić information content (AvgIpc) is 2.56. The lowest BCUT2D eigenvalue weighted by molar-refractivity contribution is 0.212. The first-order chi connectivity index (χ1) is 11.5. The SMILES string of the molecule is C[C@@H](C[S@@](C)=O)N(C)C(=O)Nc1ccccc1Oc1ccccc1. The maximum Gasteiger partial charge on any atom is 0.321 e. The fraction of sp³-hybridized carbons (Fsp3) is 0.278. The molecule has 6 heteroatoms. The van der Waals surface area contributed by atoms with Crippen LogP contribution in [0.25, 0.3) is 0 Å².